The lowest BCUT2D eigenvalue weighted by Gasteiger charge is -2.22. The molecule has 0 bridgehead atoms. The number of anilines is 2. The van der Waals surface area contributed by atoms with E-state index in [0.717, 1.165) is 9.87 Å². The highest BCUT2D eigenvalue weighted by atomic mass is 35.5. The van der Waals surface area contributed by atoms with Gasteiger partial charge in [0.1, 0.15) is 0 Å². The van der Waals surface area contributed by atoms with Crippen LogP contribution in [0.1, 0.15) is 15.9 Å². The van der Waals surface area contributed by atoms with Gasteiger partial charge in [0.25, 0.3) is 15.9 Å². The predicted molar refractivity (Wildman–Crippen MR) is 118 cm³/mol. The second-order valence-corrected chi connectivity index (χ2v) is 9.14. The van der Waals surface area contributed by atoms with Crippen molar-refractivity contribution in [3.63, 3.8) is 0 Å². The number of para-hydroxylation sites is 2. The quantitative estimate of drug-likeness (QED) is 0.569. The lowest BCUT2D eigenvalue weighted by Crippen LogP contribution is -2.29. The van der Waals surface area contributed by atoms with E-state index in [9.17, 15) is 13.2 Å². The Hall–Kier alpha value is -2.54. The second-order valence-electron chi connectivity index (χ2n) is 6.35. The summed E-state index contributed by atoms with van der Waals surface area (Å²) in [6.07, 6.45) is 0. The molecule has 1 amide bonds. The van der Waals surface area contributed by atoms with E-state index in [2.05, 4.69) is 5.32 Å². The van der Waals surface area contributed by atoms with E-state index >= 15 is 0 Å². The van der Waals surface area contributed by atoms with Gasteiger partial charge in [-0.15, -0.1) is 0 Å². The third-order valence-electron chi connectivity index (χ3n) is 4.37. The monoisotopic (exact) mass is 448 g/mol. The molecule has 0 heterocycles. The fraction of sp³-hybridized carbons (Fsp3) is 0.0952. The largest absolute Gasteiger partial charge is 0.319 e. The summed E-state index contributed by atoms with van der Waals surface area (Å²) < 4.78 is 27.2. The van der Waals surface area contributed by atoms with Crippen molar-refractivity contribution in [2.45, 2.75) is 11.8 Å². The Bertz CT molecular complexity index is 1140. The van der Waals surface area contributed by atoms with Crippen molar-refractivity contribution in [3.8, 4) is 0 Å². The summed E-state index contributed by atoms with van der Waals surface area (Å²) in [5, 5.41) is 3.23. The normalized spacial score (nSPS) is 11.2. The molecule has 3 aromatic rings. The standard InChI is InChI=1S/C21H18Cl2N2O3S/c1-14-10-12-15(13-11-14)29(27,28)25(2)19-9-4-3-6-16(19)21(26)24-20-17(22)7-5-8-18(20)23/h3-13H,1-2H3,(H,24,26). The zero-order chi connectivity index (χ0) is 21.2. The van der Waals surface area contributed by atoms with E-state index in [4.69, 9.17) is 23.2 Å². The molecule has 1 N–H and O–H groups in total. The number of hydrogen-bond acceptors (Lipinski definition) is 3. The van der Waals surface area contributed by atoms with Gasteiger partial charge in [0.05, 0.1) is 31.9 Å². The molecule has 3 aromatic carbocycles. The number of halogens is 2. The van der Waals surface area contributed by atoms with Crippen LogP contribution in [0, 0.1) is 6.92 Å². The van der Waals surface area contributed by atoms with Crippen LogP contribution in [-0.4, -0.2) is 21.4 Å². The summed E-state index contributed by atoms with van der Waals surface area (Å²) >= 11 is 12.2. The van der Waals surface area contributed by atoms with Crippen molar-refractivity contribution in [1.82, 2.24) is 0 Å². The van der Waals surface area contributed by atoms with Crippen molar-refractivity contribution >= 4 is 50.5 Å². The zero-order valence-electron chi connectivity index (χ0n) is 15.7. The number of carbonyl (C=O) groups excluding carboxylic acids is 1. The molecule has 3 rings (SSSR count). The van der Waals surface area contributed by atoms with Crippen LogP contribution in [0.15, 0.2) is 71.6 Å². The van der Waals surface area contributed by atoms with Gasteiger partial charge < -0.3 is 5.32 Å². The molecule has 0 aliphatic carbocycles. The predicted octanol–water partition coefficient (Wildman–Crippen LogP) is 5.38. The van der Waals surface area contributed by atoms with Gasteiger partial charge in [0.15, 0.2) is 0 Å². The molecule has 0 spiro atoms. The van der Waals surface area contributed by atoms with Crippen molar-refractivity contribution in [2.75, 3.05) is 16.7 Å². The van der Waals surface area contributed by atoms with Gasteiger partial charge in [-0.3, -0.25) is 9.10 Å². The van der Waals surface area contributed by atoms with Crippen molar-refractivity contribution in [2.24, 2.45) is 0 Å². The van der Waals surface area contributed by atoms with E-state index in [0.29, 0.717) is 0 Å². The second kappa shape index (κ2) is 8.45. The summed E-state index contributed by atoms with van der Waals surface area (Å²) in [4.78, 5) is 13.0. The number of rotatable bonds is 5. The molecule has 0 saturated carbocycles. The summed E-state index contributed by atoms with van der Waals surface area (Å²) in [6, 6.07) is 17.8. The Morgan fingerprint density at radius 1 is 0.897 bits per heavy atom. The third kappa shape index (κ3) is 4.40. The van der Waals surface area contributed by atoms with Crippen LogP contribution < -0.4 is 9.62 Å². The van der Waals surface area contributed by atoms with Crippen molar-refractivity contribution < 1.29 is 13.2 Å². The van der Waals surface area contributed by atoms with Crippen molar-refractivity contribution in [3.05, 3.63) is 87.9 Å². The van der Waals surface area contributed by atoms with E-state index in [-0.39, 0.29) is 31.9 Å². The lowest BCUT2D eigenvalue weighted by molar-refractivity contribution is 0.102. The van der Waals surface area contributed by atoms with Crippen LogP contribution in [0.25, 0.3) is 0 Å². The van der Waals surface area contributed by atoms with Gasteiger partial charge in [-0.2, -0.15) is 0 Å². The molecular formula is C21H18Cl2N2O3S. The summed E-state index contributed by atoms with van der Waals surface area (Å²) in [7, 11) is -2.45. The van der Waals surface area contributed by atoms with Gasteiger partial charge in [0, 0.05) is 7.05 Å². The first-order valence-electron chi connectivity index (χ1n) is 8.62. The molecule has 0 aliphatic rings. The molecule has 0 radical (unpaired) electrons. The molecule has 0 aromatic heterocycles. The zero-order valence-corrected chi connectivity index (χ0v) is 18.0. The highest BCUT2D eigenvalue weighted by Gasteiger charge is 2.25. The lowest BCUT2D eigenvalue weighted by atomic mass is 10.1. The minimum Gasteiger partial charge on any atom is -0.319 e. The van der Waals surface area contributed by atoms with E-state index in [1.807, 2.05) is 6.92 Å². The van der Waals surface area contributed by atoms with Gasteiger partial charge >= 0.3 is 0 Å². The highest BCUT2D eigenvalue weighted by molar-refractivity contribution is 7.92. The van der Waals surface area contributed by atoms with Gasteiger partial charge in [-0.05, 0) is 43.3 Å². The van der Waals surface area contributed by atoms with E-state index in [1.54, 1.807) is 48.5 Å². The maximum absolute atomic E-state index is 13.0. The van der Waals surface area contributed by atoms with Crippen LogP contribution in [-0.2, 0) is 10.0 Å². The molecule has 0 saturated heterocycles. The van der Waals surface area contributed by atoms with E-state index < -0.39 is 15.9 Å². The van der Waals surface area contributed by atoms with Crippen LogP contribution in [0.4, 0.5) is 11.4 Å². The Balaban J connectivity index is 1.98. The minimum atomic E-state index is -3.85. The fourth-order valence-electron chi connectivity index (χ4n) is 2.74. The number of hydrogen-bond donors (Lipinski definition) is 1. The molecule has 150 valence electrons. The van der Waals surface area contributed by atoms with E-state index in [1.165, 1.54) is 25.2 Å². The first-order valence-corrected chi connectivity index (χ1v) is 10.8. The maximum Gasteiger partial charge on any atom is 0.264 e. The van der Waals surface area contributed by atoms with Crippen molar-refractivity contribution in [1.29, 1.82) is 0 Å². The number of nitrogens with zero attached hydrogens (tertiary/aromatic N) is 1. The number of nitrogens with one attached hydrogen (secondary N) is 1. The Morgan fingerprint density at radius 2 is 1.48 bits per heavy atom. The molecule has 0 aliphatic heterocycles. The average molecular weight is 449 g/mol. The number of amides is 1. The van der Waals surface area contributed by atoms with Crippen LogP contribution in [0.5, 0.6) is 0 Å². The van der Waals surface area contributed by atoms with Gasteiger partial charge in [-0.1, -0.05) is 59.1 Å². The van der Waals surface area contributed by atoms with Gasteiger partial charge in [0.2, 0.25) is 0 Å². The molecule has 5 nitrogen and oxygen atoms in total. The number of benzene rings is 3. The number of carbonyl (C=O) groups is 1. The molecule has 8 heteroatoms. The number of sulfonamides is 1. The highest BCUT2D eigenvalue weighted by Crippen LogP contribution is 2.32. The SMILES string of the molecule is Cc1ccc(S(=O)(=O)N(C)c2ccccc2C(=O)Nc2c(Cl)cccc2Cl)cc1. The first-order chi connectivity index (χ1) is 13.7. The Labute approximate surface area is 179 Å². The smallest absolute Gasteiger partial charge is 0.264 e. The third-order valence-corrected chi connectivity index (χ3v) is 6.78. The summed E-state index contributed by atoms with van der Waals surface area (Å²) in [5.74, 6) is -0.526. The average Bonchev–Trinajstić information content (AvgIpc) is 2.70. The first kappa shape index (κ1) is 21.2. The fourth-order valence-corrected chi connectivity index (χ4v) is 4.44. The van der Waals surface area contributed by atoms with Crippen LogP contribution >= 0.6 is 23.2 Å². The molecule has 0 atom stereocenters. The van der Waals surface area contributed by atoms with Gasteiger partial charge in [-0.25, -0.2) is 8.42 Å². The molecule has 0 unspecified atom stereocenters. The topological polar surface area (TPSA) is 66.5 Å². The summed E-state index contributed by atoms with van der Waals surface area (Å²) in [6.45, 7) is 1.87. The Morgan fingerprint density at radius 3 is 2.10 bits per heavy atom. The number of aryl methyl sites for hydroxylation is 1. The van der Waals surface area contributed by atoms with Crippen LogP contribution in [0.3, 0.4) is 0 Å². The maximum atomic E-state index is 13.0. The minimum absolute atomic E-state index is 0.134. The Kier molecular flexibility index (Phi) is 6.17. The molecule has 29 heavy (non-hydrogen) atoms. The molecule has 0 fully saturated rings. The summed E-state index contributed by atoms with van der Waals surface area (Å²) in [5.41, 5.74) is 1.61. The van der Waals surface area contributed by atoms with Crippen LogP contribution in [0.2, 0.25) is 10.0 Å². The molecular weight excluding hydrogens is 431 g/mol.